The number of ether oxygens (including phenoxy) is 1. The van der Waals surface area contributed by atoms with Crippen LogP contribution in [0.5, 0.6) is 0 Å². The quantitative estimate of drug-likeness (QED) is 0.305. The van der Waals surface area contributed by atoms with Gasteiger partial charge in [0.05, 0.1) is 16.9 Å². The fraction of sp³-hybridized carbons (Fsp3) is 0.423. The molecule has 1 aliphatic rings. The minimum Gasteiger partial charge on any atom is -0.484 e. The number of hydrogen-bond donors (Lipinski definition) is 3. The second kappa shape index (κ2) is 17.0. The van der Waals surface area contributed by atoms with Crippen molar-refractivity contribution in [3.05, 3.63) is 53.7 Å². The molecule has 0 radical (unpaired) electrons. The summed E-state index contributed by atoms with van der Waals surface area (Å²) in [5, 5.41) is 3.24. The van der Waals surface area contributed by atoms with Gasteiger partial charge < -0.3 is 31.2 Å². The van der Waals surface area contributed by atoms with Gasteiger partial charge in [-0.3, -0.25) is 4.79 Å². The average Bonchev–Trinajstić information content (AvgIpc) is 2.94. The lowest BCUT2D eigenvalue weighted by Gasteiger charge is -2.30. The van der Waals surface area contributed by atoms with Crippen LogP contribution in [0.25, 0.3) is 5.76 Å². The van der Waals surface area contributed by atoms with E-state index in [0.29, 0.717) is 43.7 Å². The Hall–Kier alpha value is -3.71. The van der Waals surface area contributed by atoms with Gasteiger partial charge in [-0.15, -0.1) is 0 Å². The summed E-state index contributed by atoms with van der Waals surface area (Å²) in [5.41, 5.74) is 13.0. The van der Waals surface area contributed by atoms with E-state index in [2.05, 4.69) is 21.0 Å². The van der Waals surface area contributed by atoms with Crippen molar-refractivity contribution < 1.29 is 37.0 Å². The van der Waals surface area contributed by atoms with E-state index in [1.807, 2.05) is 44.0 Å². The van der Waals surface area contributed by atoms with Gasteiger partial charge in [0.2, 0.25) is 0 Å². The molecule has 1 aliphatic heterocycles. The van der Waals surface area contributed by atoms with E-state index in [-0.39, 0.29) is 23.1 Å². The number of nitrogens with two attached hydrogens (primary N) is 2. The number of carbonyl (C=O) groups excluding carboxylic acids is 2. The van der Waals surface area contributed by atoms with Crippen molar-refractivity contribution in [3.8, 4) is 0 Å². The number of alkyl halides is 3. The molecule has 39 heavy (non-hydrogen) atoms. The lowest BCUT2D eigenvalue weighted by Crippen LogP contribution is -2.39. The Morgan fingerprint density at radius 3 is 2.36 bits per heavy atom. The number of rotatable bonds is 9. The molecule has 1 aromatic heterocycles. The van der Waals surface area contributed by atoms with Crippen LogP contribution < -0.4 is 16.8 Å². The van der Waals surface area contributed by atoms with Crippen LogP contribution in [0.1, 0.15) is 31.0 Å². The molecule has 13 heteroatoms. The number of hydrogen-bond acceptors (Lipinski definition) is 8. The molecule has 0 unspecified atom stereocenters. The van der Waals surface area contributed by atoms with Crippen LogP contribution in [-0.2, 0) is 25.7 Å². The van der Waals surface area contributed by atoms with Crippen LogP contribution in [0.4, 0.5) is 34.9 Å². The Balaban J connectivity index is 0.00000181. The van der Waals surface area contributed by atoms with Gasteiger partial charge in [-0.1, -0.05) is 25.1 Å². The van der Waals surface area contributed by atoms with Crippen LogP contribution in [0.15, 0.2) is 42.5 Å². The predicted molar refractivity (Wildman–Crippen MR) is 141 cm³/mol. The third-order valence-corrected chi connectivity index (χ3v) is 5.63. The van der Waals surface area contributed by atoms with Crippen molar-refractivity contribution in [1.82, 2.24) is 9.88 Å². The van der Waals surface area contributed by atoms with Gasteiger partial charge >= 0.3 is 6.18 Å². The normalized spacial score (nSPS) is 13.9. The summed E-state index contributed by atoms with van der Waals surface area (Å²) < 4.78 is 56.2. The molecule has 0 bridgehead atoms. The van der Waals surface area contributed by atoms with E-state index >= 15 is 0 Å². The van der Waals surface area contributed by atoms with Gasteiger partial charge in [0.15, 0.2) is 13.2 Å². The maximum Gasteiger partial charge on any atom is 0.422 e. The summed E-state index contributed by atoms with van der Waals surface area (Å²) in [5.74, 6) is -0.627. The SMILES string of the molecule is C=O.CCc1nc(N)c(/C(=C/C2CCN(C(=O)COF)CC2)OCC(F)(F)F)cc1Nc1ccccc1.CN. The van der Waals surface area contributed by atoms with Crippen molar-refractivity contribution in [3.63, 3.8) is 0 Å². The molecule has 216 valence electrons. The first-order valence-corrected chi connectivity index (χ1v) is 12.1. The van der Waals surface area contributed by atoms with Crippen LogP contribution >= 0.6 is 0 Å². The number of carbonyl (C=O) groups is 2. The smallest absolute Gasteiger partial charge is 0.422 e. The van der Waals surface area contributed by atoms with Crippen molar-refractivity contribution >= 4 is 35.6 Å². The van der Waals surface area contributed by atoms with E-state index in [1.54, 1.807) is 12.1 Å². The summed E-state index contributed by atoms with van der Waals surface area (Å²) in [6, 6.07) is 10.9. The Morgan fingerprint density at radius 2 is 1.82 bits per heavy atom. The van der Waals surface area contributed by atoms with Crippen molar-refractivity contribution in [2.45, 2.75) is 32.4 Å². The Kier molecular flexibility index (Phi) is 14.5. The zero-order valence-electron chi connectivity index (χ0n) is 22.0. The van der Waals surface area contributed by atoms with Crippen LogP contribution in [0, 0.1) is 5.92 Å². The maximum atomic E-state index is 13.0. The topological polar surface area (TPSA) is 133 Å². The number of para-hydroxylation sites is 1. The second-order valence-corrected chi connectivity index (χ2v) is 8.17. The third kappa shape index (κ3) is 10.9. The summed E-state index contributed by atoms with van der Waals surface area (Å²) in [4.78, 5) is 29.1. The molecule has 2 heterocycles. The standard InChI is InChI=1S/C24H28F4N4O3.CH5N.CH2O/c1-2-19-20(30-17-6-4-3-5-7-17)13-18(23(29)31-19)21(34-15-24(25,26)27)12-16-8-10-32(11-9-16)22(33)14-35-28;2*1-2/h3-7,12-13,16,30H,2,8-11,14-15H2,1H3,(H2,29,31);2H2,1H3;1H2/b21-12-;;. The zero-order chi connectivity index (χ0) is 29.4. The number of aromatic nitrogens is 1. The Bertz CT molecular complexity index is 1050. The lowest BCUT2D eigenvalue weighted by atomic mass is 9.94. The second-order valence-electron chi connectivity index (χ2n) is 8.17. The molecule has 1 saturated heterocycles. The summed E-state index contributed by atoms with van der Waals surface area (Å²) in [6.07, 6.45) is -1.46. The molecule has 0 spiro atoms. The number of nitrogens with zero attached hydrogens (tertiary/aromatic N) is 2. The van der Waals surface area contributed by atoms with Gasteiger partial charge in [-0.05, 0) is 61.0 Å². The lowest BCUT2D eigenvalue weighted by molar-refractivity contribution is -0.165. The van der Waals surface area contributed by atoms with E-state index in [4.69, 9.17) is 15.3 Å². The van der Waals surface area contributed by atoms with E-state index < -0.39 is 25.3 Å². The number of halogens is 4. The van der Waals surface area contributed by atoms with Crippen LogP contribution in [-0.4, -0.2) is 62.1 Å². The maximum absolute atomic E-state index is 13.0. The van der Waals surface area contributed by atoms with Gasteiger partial charge in [0.1, 0.15) is 18.4 Å². The molecule has 2 aromatic rings. The fourth-order valence-corrected chi connectivity index (χ4v) is 3.86. The summed E-state index contributed by atoms with van der Waals surface area (Å²) >= 11 is 0. The molecule has 0 aliphatic carbocycles. The zero-order valence-corrected chi connectivity index (χ0v) is 22.0. The molecule has 3 rings (SSSR count). The monoisotopic (exact) mass is 557 g/mol. The highest BCUT2D eigenvalue weighted by atomic mass is 19.4. The van der Waals surface area contributed by atoms with Crippen molar-refractivity contribution in [2.75, 3.05) is 44.4 Å². The highest BCUT2D eigenvalue weighted by molar-refractivity contribution is 5.77. The van der Waals surface area contributed by atoms with Gasteiger partial charge in [-0.2, -0.15) is 18.1 Å². The van der Waals surface area contributed by atoms with Gasteiger partial charge in [0, 0.05) is 18.8 Å². The number of aryl methyl sites for hydroxylation is 1. The molecule has 0 saturated carbocycles. The molecule has 5 N–H and O–H groups in total. The minimum absolute atomic E-state index is 0.0250. The third-order valence-electron chi connectivity index (χ3n) is 5.63. The number of likely N-dealkylation sites (tertiary alicyclic amines) is 1. The number of nitrogen functional groups attached to an aromatic ring is 1. The van der Waals surface area contributed by atoms with Crippen LogP contribution in [0.2, 0.25) is 0 Å². The van der Waals surface area contributed by atoms with Crippen molar-refractivity contribution in [1.29, 1.82) is 0 Å². The largest absolute Gasteiger partial charge is 0.484 e. The molecular formula is C26H35F4N5O4. The summed E-state index contributed by atoms with van der Waals surface area (Å²) in [6.45, 7) is 2.39. The van der Waals surface area contributed by atoms with E-state index in [9.17, 15) is 22.5 Å². The van der Waals surface area contributed by atoms with Gasteiger partial charge in [0.25, 0.3) is 5.91 Å². The Labute approximate surface area is 225 Å². The highest BCUT2D eigenvalue weighted by Gasteiger charge is 2.30. The number of pyridine rings is 1. The molecule has 1 amide bonds. The highest BCUT2D eigenvalue weighted by Crippen LogP contribution is 2.33. The first-order valence-electron chi connectivity index (χ1n) is 12.1. The van der Waals surface area contributed by atoms with E-state index in [1.165, 1.54) is 11.9 Å². The summed E-state index contributed by atoms with van der Waals surface area (Å²) in [7, 11) is 1.50. The minimum atomic E-state index is -4.54. The van der Waals surface area contributed by atoms with Crippen molar-refractivity contribution in [2.24, 2.45) is 11.7 Å². The molecule has 9 nitrogen and oxygen atoms in total. The van der Waals surface area contributed by atoms with Gasteiger partial charge in [-0.25, -0.2) is 4.98 Å². The Morgan fingerprint density at radius 1 is 1.21 bits per heavy atom. The van der Waals surface area contributed by atoms with Crippen LogP contribution in [0.3, 0.4) is 0 Å². The number of benzene rings is 1. The predicted octanol–water partition coefficient (Wildman–Crippen LogP) is 4.42. The average molecular weight is 558 g/mol. The number of piperidine rings is 1. The molecular weight excluding hydrogens is 522 g/mol. The fourth-order valence-electron chi connectivity index (χ4n) is 3.86. The number of anilines is 3. The molecule has 1 aromatic carbocycles. The molecule has 1 fully saturated rings. The first-order chi connectivity index (χ1) is 18.7. The number of allylic oxidation sites excluding steroid dienone is 1. The number of nitrogens with one attached hydrogen (secondary N) is 1. The number of amides is 1. The van der Waals surface area contributed by atoms with E-state index in [0.717, 1.165) is 5.69 Å². The first kappa shape index (κ1) is 33.3. The molecule has 0 atom stereocenters.